The van der Waals surface area contributed by atoms with Crippen molar-refractivity contribution in [1.82, 2.24) is 14.9 Å². The first kappa shape index (κ1) is 11.2. The second-order valence-corrected chi connectivity index (χ2v) is 4.65. The van der Waals surface area contributed by atoms with E-state index < -0.39 is 0 Å². The largest absolute Gasteiger partial charge is 0.368 e. The van der Waals surface area contributed by atoms with Gasteiger partial charge < -0.3 is 5.73 Å². The van der Waals surface area contributed by atoms with Gasteiger partial charge in [0.15, 0.2) is 0 Å². The molecule has 0 saturated carbocycles. The number of nitrogen functional groups attached to an aromatic ring is 1. The van der Waals surface area contributed by atoms with Crippen LogP contribution < -0.4 is 5.73 Å². The highest BCUT2D eigenvalue weighted by Gasteiger charge is 2.17. The topological polar surface area (TPSA) is 55.0 Å². The van der Waals surface area contributed by atoms with Gasteiger partial charge in [0.2, 0.25) is 5.95 Å². The molecular formula is C14H16N4. The molecule has 2 aromatic rings. The first-order valence-electron chi connectivity index (χ1n) is 6.18. The highest BCUT2D eigenvalue weighted by Crippen LogP contribution is 2.18. The summed E-state index contributed by atoms with van der Waals surface area (Å²) in [5.74, 6) is 0.371. The van der Waals surface area contributed by atoms with Crippen LogP contribution in [-0.2, 0) is 19.5 Å². The van der Waals surface area contributed by atoms with Crippen molar-refractivity contribution in [2.45, 2.75) is 19.5 Å². The average molecular weight is 240 g/mol. The van der Waals surface area contributed by atoms with Crippen LogP contribution in [0.15, 0.2) is 36.5 Å². The van der Waals surface area contributed by atoms with Gasteiger partial charge in [-0.15, -0.1) is 0 Å². The van der Waals surface area contributed by atoms with E-state index >= 15 is 0 Å². The number of rotatable bonds is 2. The minimum Gasteiger partial charge on any atom is -0.368 e. The van der Waals surface area contributed by atoms with Gasteiger partial charge in [-0.3, -0.25) is 4.90 Å². The van der Waals surface area contributed by atoms with E-state index in [9.17, 15) is 0 Å². The molecule has 4 nitrogen and oxygen atoms in total. The molecule has 0 amide bonds. The Bertz CT molecular complexity index is 539. The molecule has 92 valence electrons. The number of nitrogens with two attached hydrogens (primary N) is 1. The van der Waals surface area contributed by atoms with Crippen molar-refractivity contribution in [3.8, 4) is 0 Å². The summed E-state index contributed by atoms with van der Waals surface area (Å²) in [7, 11) is 0. The van der Waals surface area contributed by atoms with Crippen molar-refractivity contribution < 1.29 is 0 Å². The Morgan fingerprint density at radius 3 is 2.89 bits per heavy atom. The van der Waals surface area contributed by atoms with Crippen LogP contribution in [0.3, 0.4) is 0 Å². The zero-order valence-electron chi connectivity index (χ0n) is 10.2. The quantitative estimate of drug-likeness (QED) is 0.866. The molecule has 18 heavy (non-hydrogen) atoms. The number of anilines is 1. The van der Waals surface area contributed by atoms with Crippen LogP contribution in [0.2, 0.25) is 0 Å². The van der Waals surface area contributed by atoms with Crippen molar-refractivity contribution in [3.05, 3.63) is 53.3 Å². The van der Waals surface area contributed by atoms with E-state index in [1.54, 1.807) is 0 Å². The molecule has 1 aliphatic heterocycles. The normalized spacial score (nSPS) is 15.3. The van der Waals surface area contributed by atoms with Crippen LogP contribution in [0, 0.1) is 0 Å². The lowest BCUT2D eigenvalue weighted by Gasteiger charge is -2.27. The van der Waals surface area contributed by atoms with E-state index in [2.05, 4.69) is 39.1 Å². The van der Waals surface area contributed by atoms with Gasteiger partial charge in [-0.2, -0.15) is 0 Å². The van der Waals surface area contributed by atoms with Crippen LogP contribution >= 0.6 is 0 Å². The van der Waals surface area contributed by atoms with Gasteiger partial charge in [-0.05, 0) is 17.5 Å². The summed E-state index contributed by atoms with van der Waals surface area (Å²) in [6.07, 6.45) is 2.86. The lowest BCUT2D eigenvalue weighted by Crippen LogP contribution is -2.31. The molecule has 0 bridgehead atoms. The predicted molar refractivity (Wildman–Crippen MR) is 70.7 cm³/mol. The summed E-state index contributed by atoms with van der Waals surface area (Å²) in [6, 6.07) is 10.5. The van der Waals surface area contributed by atoms with Crippen LogP contribution in [0.1, 0.15) is 16.8 Å². The molecule has 0 atom stereocenters. The van der Waals surface area contributed by atoms with E-state index in [0.29, 0.717) is 5.95 Å². The van der Waals surface area contributed by atoms with E-state index in [4.69, 9.17) is 5.73 Å². The van der Waals surface area contributed by atoms with Crippen molar-refractivity contribution in [2.24, 2.45) is 0 Å². The lowest BCUT2D eigenvalue weighted by molar-refractivity contribution is 0.241. The number of aromatic nitrogens is 2. The molecule has 1 aliphatic rings. The summed E-state index contributed by atoms with van der Waals surface area (Å²) < 4.78 is 0. The second-order valence-electron chi connectivity index (χ2n) is 4.65. The maximum Gasteiger partial charge on any atom is 0.220 e. The van der Waals surface area contributed by atoms with Crippen LogP contribution in [0.5, 0.6) is 0 Å². The summed E-state index contributed by atoms with van der Waals surface area (Å²) in [5, 5.41) is 0. The standard InChI is InChI=1S/C14H16N4/c15-14-16-8-12-6-7-18(10-13(12)17-14)9-11-4-2-1-3-5-11/h1-5,8H,6-7,9-10H2,(H2,15,16,17). The smallest absolute Gasteiger partial charge is 0.220 e. The average Bonchev–Trinajstić information content (AvgIpc) is 2.39. The number of benzene rings is 1. The van der Waals surface area contributed by atoms with Gasteiger partial charge >= 0.3 is 0 Å². The summed E-state index contributed by atoms with van der Waals surface area (Å²) in [6.45, 7) is 2.87. The monoisotopic (exact) mass is 240 g/mol. The summed E-state index contributed by atoms with van der Waals surface area (Å²) >= 11 is 0. The minimum atomic E-state index is 0.371. The maximum atomic E-state index is 5.64. The van der Waals surface area contributed by atoms with Gasteiger partial charge in [0.25, 0.3) is 0 Å². The molecule has 1 aromatic carbocycles. The summed E-state index contributed by atoms with van der Waals surface area (Å²) in [4.78, 5) is 10.8. The van der Waals surface area contributed by atoms with Gasteiger partial charge in [0.05, 0.1) is 5.69 Å². The third-order valence-electron chi connectivity index (χ3n) is 3.29. The highest BCUT2D eigenvalue weighted by molar-refractivity contribution is 5.27. The molecule has 3 rings (SSSR count). The predicted octanol–water partition coefficient (Wildman–Crippen LogP) is 1.62. The van der Waals surface area contributed by atoms with E-state index in [1.807, 2.05) is 12.3 Å². The van der Waals surface area contributed by atoms with Gasteiger partial charge in [-0.25, -0.2) is 9.97 Å². The fourth-order valence-corrected chi connectivity index (χ4v) is 2.35. The second kappa shape index (κ2) is 4.74. The zero-order chi connectivity index (χ0) is 12.4. The Kier molecular flexibility index (Phi) is 2.94. The Morgan fingerprint density at radius 1 is 1.22 bits per heavy atom. The molecule has 1 aromatic heterocycles. The maximum absolute atomic E-state index is 5.64. The third-order valence-corrected chi connectivity index (χ3v) is 3.29. The molecule has 0 unspecified atom stereocenters. The van der Waals surface area contributed by atoms with E-state index in [0.717, 1.165) is 31.7 Å². The Hall–Kier alpha value is -1.94. The lowest BCUT2D eigenvalue weighted by atomic mass is 10.1. The van der Waals surface area contributed by atoms with Crippen LogP contribution in [0.25, 0.3) is 0 Å². The number of hydrogen-bond donors (Lipinski definition) is 1. The molecule has 0 aliphatic carbocycles. The Morgan fingerprint density at radius 2 is 2.06 bits per heavy atom. The first-order valence-corrected chi connectivity index (χ1v) is 6.18. The first-order chi connectivity index (χ1) is 8.81. The fraction of sp³-hybridized carbons (Fsp3) is 0.286. The highest BCUT2D eigenvalue weighted by atomic mass is 15.1. The zero-order valence-corrected chi connectivity index (χ0v) is 10.2. The minimum absolute atomic E-state index is 0.371. The molecule has 0 fully saturated rings. The molecule has 4 heteroatoms. The molecule has 0 spiro atoms. The van der Waals surface area contributed by atoms with Gasteiger partial charge in [-0.1, -0.05) is 30.3 Å². The van der Waals surface area contributed by atoms with Crippen molar-refractivity contribution >= 4 is 5.95 Å². The van der Waals surface area contributed by atoms with Gasteiger partial charge in [0.1, 0.15) is 0 Å². The van der Waals surface area contributed by atoms with Crippen LogP contribution in [-0.4, -0.2) is 21.4 Å². The van der Waals surface area contributed by atoms with Crippen LogP contribution in [0.4, 0.5) is 5.95 Å². The molecule has 2 N–H and O–H groups in total. The Labute approximate surface area is 106 Å². The number of nitrogens with zero attached hydrogens (tertiary/aromatic N) is 3. The third kappa shape index (κ3) is 2.33. The summed E-state index contributed by atoms with van der Waals surface area (Å²) in [5.41, 5.74) is 9.28. The molecular weight excluding hydrogens is 224 g/mol. The molecule has 2 heterocycles. The number of hydrogen-bond acceptors (Lipinski definition) is 4. The number of fused-ring (bicyclic) bond motifs is 1. The van der Waals surface area contributed by atoms with Crippen molar-refractivity contribution in [2.75, 3.05) is 12.3 Å². The van der Waals surface area contributed by atoms with E-state index in [1.165, 1.54) is 11.1 Å². The molecule has 0 radical (unpaired) electrons. The van der Waals surface area contributed by atoms with Crippen molar-refractivity contribution in [1.29, 1.82) is 0 Å². The Balaban J connectivity index is 1.75. The fourth-order valence-electron chi connectivity index (χ4n) is 2.35. The van der Waals surface area contributed by atoms with Crippen molar-refractivity contribution in [3.63, 3.8) is 0 Å². The molecule has 0 saturated heterocycles. The SMILES string of the molecule is Nc1ncc2c(n1)CN(Cc1ccccc1)CC2. The van der Waals surface area contributed by atoms with Gasteiger partial charge in [0, 0.05) is 25.8 Å². The van der Waals surface area contributed by atoms with E-state index in [-0.39, 0.29) is 0 Å².